The molecular formula is C27H33F3N2. The van der Waals surface area contributed by atoms with Crippen LogP contribution in [0.3, 0.4) is 0 Å². The fraction of sp³-hybridized carbons (Fsp3) is 0.519. The molecule has 0 amide bonds. The third-order valence-electron chi connectivity index (χ3n) is 7.48. The minimum absolute atomic E-state index is 0.196. The molecule has 0 bridgehead atoms. The summed E-state index contributed by atoms with van der Waals surface area (Å²) in [6.45, 7) is 7.75. The van der Waals surface area contributed by atoms with E-state index >= 15 is 0 Å². The third-order valence-corrected chi connectivity index (χ3v) is 7.48. The average Bonchev–Trinajstić information content (AvgIpc) is 2.75. The van der Waals surface area contributed by atoms with Gasteiger partial charge in [0.2, 0.25) is 0 Å². The first-order valence-electron chi connectivity index (χ1n) is 11.8. The van der Waals surface area contributed by atoms with Crippen LogP contribution >= 0.6 is 0 Å². The number of rotatable bonds is 7. The lowest BCUT2D eigenvalue weighted by Gasteiger charge is -2.47. The van der Waals surface area contributed by atoms with Crippen LogP contribution in [0.5, 0.6) is 0 Å². The molecule has 1 saturated heterocycles. The van der Waals surface area contributed by atoms with Crippen molar-refractivity contribution in [2.45, 2.75) is 58.0 Å². The van der Waals surface area contributed by atoms with Gasteiger partial charge in [0.15, 0.2) is 0 Å². The van der Waals surface area contributed by atoms with Crippen LogP contribution in [-0.4, -0.2) is 35.7 Å². The van der Waals surface area contributed by atoms with Gasteiger partial charge in [0, 0.05) is 18.3 Å². The zero-order chi connectivity index (χ0) is 22.8. The first-order valence-corrected chi connectivity index (χ1v) is 11.8. The van der Waals surface area contributed by atoms with Gasteiger partial charge in [-0.15, -0.1) is 0 Å². The summed E-state index contributed by atoms with van der Waals surface area (Å²) < 4.78 is 40.3. The number of aromatic nitrogens is 1. The van der Waals surface area contributed by atoms with Crippen molar-refractivity contribution < 1.29 is 13.2 Å². The monoisotopic (exact) mass is 442 g/mol. The van der Waals surface area contributed by atoms with E-state index < -0.39 is 11.6 Å². The summed E-state index contributed by atoms with van der Waals surface area (Å²) in [4.78, 5) is 6.70. The molecule has 2 aliphatic rings. The SMILES string of the molecule is C=C(C)c1ccc(-c2ccc(CCC3CCN(CC4(C(F)(F)F)CCC4)CC3)cn2)cc1. The maximum atomic E-state index is 13.4. The van der Waals surface area contributed by atoms with Crippen LogP contribution in [0.15, 0.2) is 49.2 Å². The van der Waals surface area contributed by atoms with Crippen LogP contribution in [0.1, 0.15) is 56.6 Å². The smallest absolute Gasteiger partial charge is 0.302 e. The first kappa shape index (κ1) is 23.0. The Balaban J connectivity index is 1.24. The van der Waals surface area contributed by atoms with Gasteiger partial charge >= 0.3 is 6.18 Å². The quantitative estimate of drug-likeness (QED) is 0.452. The molecule has 172 valence electrons. The Bertz CT molecular complexity index is 903. The van der Waals surface area contributed by atoms with Crippen LogP contribution in [0, 0.1) is 11.3 Å². The molecule has 1 aliphatic heterocycles. The summed E-state index contributed by atoms with van der Waals surface area (Å²) in [5.41, 5.74) is 4.03. The zero-order valence-corrected chi connectivity index (χ0v) is 18.9. The predicted octanol–water partition coefficient (Wildman–Crippen LogP) is 7.16. The summed E-state index contributed by atoms with van der Waals surface area (Å²) in [6.07, 6.45) is 3.25. The number of likely N-dealkylation sites (tertiary alicyclic amines) is 1. The number of allylic oxidation sites excluding steroid dienone is 1. The van der Waals surface area contributed by atoms with Crippen LogP contribution < -0.4 is 0 Å². The molecule has 0 spiro atoms. The maximum Gasteiger partial charge on any atom is 0.395 e. The Kier molecular flexibility index (Phi) is 6.75. The summed E-state index contributed by atoms with van der Waals surface area (Å²) in [6, 6.07) is 12.5. The van der Waals surface area contributed by atoms with Gasteiger partial charge in [-0.2, -0.15) is 13.2 Å². The van der Waals surface area contributed by atoms with Crippen LogP contribution in [0.2, 0.25) is 0 Å². The summed E-state index contributed by atoms with van der Waals surface area (Å²) in [5, 5.41) is 0. The number of alkyl halides is 3. The van der Waals surface area contributed by atoms with Gasteiger partial charge in [0.25, 0.3) is 0 Å². The van der Waals surface area contributed by atoms with Crippen molar-refractivity contribution in [3.63, 3.8) is 0 Å². The molecular weight excluding hydrogens is 409 g/mol. The van der Waals surface area contributed by atoms with Gasteiger partial charge in [-0.3, -0.25) is 4.98 Å². The lowest BCUT2D eigenvalue weighted by atomic mass is 9.67. The van der Waals surface area contributed by atoms with Gasteiger partial charge in [0.05, 0.1) is 11.1 Å². The van der Waals surface area contributed by atoms with Crippen LogP contribution in [0.4, 0.5) is 13.2 Å². The van der Waals surface area contributed by atoms with E-state index in [0.29, 0.717) is 25.2 Å². The minimum atomic E-state index is -4.06. The van der Waals surface area contributed by atoms with Gasteiger partial charge in [-0.1, -0.05) is 48.9 Å². The van der Waals surface area contributed by atoms with Gasteiger partial charge in [-0.05, 0) is 81.6 Å². The van der Waals surface area contributed by atoms with Gasteiger partial charge in [-0.25, -0.2) is 0 Å². The fourth-order valence-electron chi connectivity index (χ4n) is 5.04. The summed E-state index contributed by atoms with van der Waals surface area (Å²) >= 11 is 0. The van der Waals surface area contributed by atoms with Crippen molar-refractivity contribution in [3.8, 4) is 11.3 Å². The molecule has 0 radical (unpaired) electrons. The topological polar surface area (TPSA) is 16.1 Å². The van der Waals surface area contributed by atoms with Crippen molar-refractivity contribution in [2.24, 2.45) is 11.3 Å². The normalized spacial score (nSPS) is 19.5. The van der Waals surface area contributed by atoms with E-state index in [1.165, 1.54) is 5.56 Å². The van der Waals surface area contributed by atoms with Crippen molar-refractivity contribution >= 4 is 5.57 Å². The van der Waals surface area contributed by atoms with E-state index in [4.69, 9.17) is 0 Å². The minimum Gasteiger partial charge on any atom is -0.302 e. The molecule has 1 aromatic carbocycles. The van der Waals surface area contributed by atoms with Crippen LogP contribution in [0.25, 0.3) is 16.8 Å². The lowest BCUT2D eigenvalue weighted by molar-refractivity contribution is -0.256. The number of halogens is 3. The molecule has 4 rings (SSSR count). The molecule has 1 aromatic heterocycles. The largest absolute Gasteiger partial charge is 0.395 e. The number of benzene rings is 1. The molecule has 2 aromatic rings. The number of nitrogens with zero attached hydrogens (tertiary/aromatic N) is 2. The highest BCUT2D eigenvalue weighted by Gasteiger charge is 2.58. The summed E-state index contributed by atoms with van der Waals surface area (Å²) in [7, 11) is 0. The van der Waals surface area contributed by atoms with E-state index in [0.717, 1.165) is 61.2 Å². The van der Waals surface area contributed by atoms with Crippen molar-refractivity contribution in [1.29, 1.82) is 0 Å². The highest BCUT2D eigenvalue weighted by Crippen LogP contribution is 2.53. The molecule has 0 atom stereocenters. The second-order valence-corrected chi connectivity index (χ2v) is 9.80. The van der Waals surface area contributed by atoms with E-state index in [2.05, 4.69) is 52.9 Å². The Morgan fingerprint density at radius 3 is 2.28 bits per heavy atom. The molecule has 2 nitrogen and oxygen atoms in total. The number of piperidine rings is 1. The van der Waals surface area contributed by atoms with Gasteiger partial charge in [0.1, 0.15) is 0 Å². The average molecular weight is 443 g/mol. The van der Waals surface area contributed by atoms with E-state index in [1.807, 2.05) is 13.1 Å². The molecule has 2 heterocycles. The molecule has 32 heavy (non-hydrogen) atoms. The Hall–Kier alpha value is -2.14. The van der Waals surface area contributed by atoms with E-state index in [9.17, 15) is 13.2 Å². The van der Waals surface area contributed by atoms with Crippen LogP contribution in [-0.2, 0) is 6.42 Å². The highest BCUT2D eigenvalue weighted by atomic mass is 19.4. The zero-order valence-electron chi connectivity index (χ0n) is 18.9. The Labute approximate surface area is 189 Å². The first-order chi connectivity index (χ1) is 15.3. The third kappa shape index (κ3) is 5.09. The number of pyridine rings is 1. The number of aryl methyl sites for hydroxylation is 1. The van der Waals surface area contributed by atoms with E-state index in [-0.39, 0.29) is 6.54 Å². The van der Waals surface area contributed by atoms with Crippen molar-refractivity contribution in [2.75, 3.05) is 19.6 Å². The molecule has 1 aliphatic carbocycles. The highest BCUT2D eigenvalue weighted by molar-refractivity contribution is 5.66. The van der Waals surface area contributed by atoms with Crippen molar-refractivity contribution in [1.82, 2.24) is 9.88 Å². The Morgan fingerprint density at radius 2 is 1.78 bits per heavy atom. The van der Waals surface area contributed by atoms with E-state index in [1.54, 1.807) is 0 Å². The number of hydrogen-bond acceptors (Lipinski definition) is 2. The maximum absolute atomic E-state index is 13.4. The molecule has 1 saturated carbocycles. The summed E-state index contributed by atoms with van der Waals surface area (Å²) in [5.74, 6) is 0.587. The Morgan fingerprint density at radius 1 is 1.09 bits per heavy atom. The molecule has 5 heteroatoms. The predicted molar refractivity (Wildman–Crippen MR) is 124 cm³/mol. The molecule has 0 unspecified atom stereocenters. The van der Waals surface area contributed by atoms with Gasteiger partial charge < -0.3 is 4.90 Å². The number of hydrogen-bond donors (Lipinski definition) is 0. The lowest BCUT2D eigenvalue weighted by Crippen LogP contribution is -2.53. The molecule has 0 N–H and O–H groups in total. The second-order valence-electron chi connectivity index (χ2n) is 9.80. The molecule has 2 fully saturated rings. The second kappa shape index (κ2) is 9.38. The van der Waals surface area contributed by atoms with Crippen molar-refractivity contribution in [3.05, 3.63) is 60.3 Å². The fourth-order valence-corrected chi connectivity index (χ4v) is 5.04. The standard InChI is InChI=1S/C27H33F3N2/c1-20(2)23-7-9-24(10-8-23)25-11-6-22(18-31-25)5-4-21-12-16-32(17-13-21)19-26(14-3-15-26)27(28,29)30/h6-11,18,21H,1,3-5,12-17,19H2,2H3.